The van der Waals surface area contributed by atoms with Crippen LogP contribution >= 0.6 is 11.3 Å². The fourth-order valence-electron chi connectivity index (χ4n) is 2.55. The van der Waals surface area contributed by atoms with Crippen LogP contribution in [0.15, 0.2) is 11.0 Å². The molecule has 1 saturated carbocycles. The average molecular weight is 302 g/mol. The lowest BCUT2D eigenvalue weighted by Gasteiger charge is -2.41. The Hall–Kier alpha value is -0.430. The first kappa shape index (κ1) is 15.0. The zero-order chi connectivity index (χ0) is 14.1. The zero-order valence-electron chi connectivity index (χ0n) is 11.5. The average Bonchev–Trinajstić information content (AvgIpc) is 2.70. The number of sulfonamides is 1. The Morgan fingerprint density at radius 1 is 1.47 bits per heavy atom. The molecule has 2 rings (SSSR count). The maximum Gasteiger partial charge on any atom is 0.241 e. The van der Waals surface area contributed by atoms with Crippen LogP contribution in [0.1, 0.15) is 42.4 Å². The van der Waals surface area contributed by atoms with Crippen LogP contribution in [0.4, 0.5) is 0 Å². The van der Waals surface area contributed by atoms with Crippen LogP contribution in [0.5, 0.6) is 0 Å². The molecule has 1 aliphatic carbocycles. The van der Waals surface area contributed by atoms with E-state index in [0.29, 0.717) is 18.0 Å². The molecular formula is C13H22N2O2S2. The predicted octanol–water partition coefficient (Wildman–Crippen LogP) is 2.37. The van der Waals surface area contributed by atoms with Crippen LogP contribution in [0.2, 0.25) is 0 Å². The van der Waals surface area contributed by atoms with Gasteiger partial charge < -0.3 is 5.73 Å². The Bertz CT molecular complexity index is 539. The van der Waals surface area contributed by atoms with Crippen LogP contribution in [-0.4, -0.2) is 15.0 Å². The van der Waals surface area contributed by atoms with Gasteiger partial charge in [0.25, 0.3) is 0 Å². The van der Waals surface area contributed by atoms with Crippen molar-refractivity contribution in [3.05, 3.63) is 15.8 Å². The maximum absolute atomic E-state index is 12.3. The summed E-state index contributed by atoms with van der Waals surface area (Å²) in [5.74, 6) is 0. The maximum atomic E-state index is 12.3. The van der Waals surface area contributed by atoms with Crippen molar-refractivity contribution in [3.8, 4) is 0 Å². The van der Waals surface area contributed by atoms with Crippen molar-refractivity contribution >= 4 is 21.4 Å². The van der Waals surface area contributed by atoms with Crippen molar-refractivity contribution in [2.45, 2.75) is 51.0 Å². The topological polar surface area (TPSA) is 72.2 Å². The summed E-state index contributed by atoms with van der Waals surface area (Å²) in [5, 5.41) is 0. The van der Waals surface area contributed by atoms with Crippen LogP contribution in [0.3, 0.4) is 0 Å². The second kappa shape index (κ2) is 5.52. The lowest BCUT2D eigenvalue weighted by molar-refractivity contribution is 0.133. The second-order valence-corrected chi connectivity index (χ2v) is 8.45. The summed E-state index contributed by atoms with van der Waals surface area (Å²) in [7, 11) is -3.39. The molecule has 1 heterocycles. The van der Waals surface area contributed by atoms with Gasteiger partial charge in [0.15, 0.2) is 0 Å². The molecule has 0 aliphatic heterocycles. The molecule has 0 atom stereocenters. The highest BCUT2D eigenvalue weighted by Gasteiger charge is 2.36. The van der Waals surface area contributed by atoms with Gasteiger partial charge >= 0.3 is 0 Å². The monoisotopic (exact) mass is 302 g/mol. The van der Waals surface area contributed by atoms with E-state index in [9.17, 15) is 8.42 Å². The third-order valence-corrected chi connectivity index (χ3v) is 6.94. The van der Waals surface area contributed by atoms with Gasteiger partial charge in [0.2, 0.25) is 10.0 Å². The third kappa shape index (κ3) is 3.02. The summed E-state index contributed by atoms with van der Waals surface area (Å²) >= 11 is 1.46. The number of hydrogen-bond acceptors (Lipinski definition) is 4. The molecular weight excluding hydrogens is 280 g/mol. The Kier molecular flexibility index (Phi) is 4.35. The molecule has 1 aliphatic rings. The standard InChI is InChI=1S/C13H22N2O2S2/c1-3-13(5-4-6-13)9-15-19(16,17)12-7-11(8-14)18-10(12)2/h7,15H,3-6,8-9,14H2,1-2H3. The summed E-state index contributed by atoms with van der Waals surface area (Å²) < 4.78 is 27.5. The van der Waals surface area contributed by atoms with Gasteiger partial charge in [-0.25, -0.2) is 13.1 Å². The fraction of sp³-hybridized carbons (Fsp3) is 0.692. The number of hydrogen-bond donors (Lipinski definition) is 2. The predicted molar refractivity (Wildman–Crippen MR) is 78.7 cm³/mol. The van der Waals surface area contributed by atoms with Crippen molar-refractivity contribution in [1.82, 2.24) is 4.72 Å². The van der Waals surface area contributed by atoms with Gasteiger partial charge in [-0.3, -0.25) is 0 Å². The van der Waals surface area contributed by atoms with Crippen molar-refractivity contribution in [1.29, 1.82) is 0 Å². The van der Waals surface area contributed by atoms with Gasteiger partial charge in [0.1, 0.15) is 0 Å². The smallest absolute Gasteiger partial charge is 0.241 e. The minimum atomic E-state index is -3.39. The van der Waals surface area contributed by atoms with E-state index in [1.165, 1.54) is 17.8 Å². The van der Waals surface area contributed by atoms with Crippen LogP contribution < -0.4 is 10.5 Å². The molecule has 1 aromatic rings. The molecule has 6 heteroatoms. The highest BCUT2D eigenvalue weighted by atomic mass is 32.2. The number of aryl methyl sites for hydroxylation is 1. The number of nitrogens with one attached hydrogen (secondary N) is 1. The number of nitrogens with two attached hydrogens (primary N) is 1. The van der Waals surface area contributed by atoms with E-state index in [2.05, 4.69) is 11.6 Å². The highest BCUT2D eigenvalue weighted by molar-refractivity contribution is 7.89. The fourth-order valence-corrected chi connectivity index (χ4v) is 5.22. The molecule has 0 radical (unpaired) electrons. The molecule has 3 N–H and O–H groups in total. The molecule has 0 saturated heterocycles. The molecule has 0 unspecified atom stereocenters. The molecule has 0 bridgehead atoms. The van der Waals surface area contributed by atoms with Crippen molar-refractivity contribution in [3.63, 3.8) is 0 Å². The van der Waals surface area contributed by atoms with Crippen molar-refractivity contribution < 1.29 is 8.42 Å². The van der Waals surface area contributed by atoms with E-state index in [1.54, 1.807) is 6.07 Å². The van der Waals surface area contributed by atoms with Crippen LogP contribution in [-0.2, 0) is 16.6 Å². The minimum Gasteiger partial charge on any atom is -0.326 e. The van der Waals surface area contributed by atoms with E-state index in [4.69, 9.17) is 5.73 Å². The normalized spacial score (nSPS) is 18.3. The lowest BCUT2D eigenvalue weighted by Crippen LogP contribution is -2.41. The Labute approximate surface area is 119 Å². The molecule has 4 nitrogen and oxygen atoms in total. The van der Waals surface area contributed by atoms with Gasteiger partial charge in [0, 0.05) is 22.8 Å². The van der Waals surface area contributed by atoms with Crippen LogP contribution in [0, 0.1) is 12.3 Å². The molecule has 108 valence electrons. The Morgan fingerprint density at radius 2 is 2.16 bits per heavy atom. The first-order valence-corrected chi connectivity index (χ1v) is 9.01. The highest BCUT2D eigenvalue weighted by Crippen LogP contribution is 2.43. The molecule has 1 aromatic heterocycles. The quantitative estimate of drug-likeness (QED) is 0.847. The van der Waals surface area contributed by atoms with Gasteiger partial charge in [0.05, 0.1) is 4.90 Å². The third-order valence-electron chi connectivity index (χ3n) is 4.22. The summed E-state index contributed by atoms with van der Waals surface area (Å²) in [6.07, 6.45) is 4.50. The second-order valence-electron chi connectivity index (χ2n) is 5.37. The van der Waals surface area contributed by atoms with E-state index in [0.717, 1.165) is 29.0 Å². The Morgan fingerprint density at radius 3 is 2.58 bits per heavy atom. The minimum absolute atomic E-state index is 0.188. The van der Waals surface area contributed by atoms with E-state index in [-0.39, 0.29) is 5.41 Å². The summed E-state index contributed by atoms with van der Waals surface area (Å²) in [4.78, 5) is 2.11. The van der Waals surface area contributed by atoms with Crippen molar-refractivity contribution in [2.24, 2.45) is 11.1 Å². The number of thiophene rings is 1. The molecule has 0 amide bonds. The summed E-state index contributed by atoms with van der Waals surface area (Å²) in [6, 6.07) is 1.70. The van der Waals surface area contributed by atoms with Crippen LogP contribution in [0.25, 0.3) is 0 Å². The lowest BCUT2D eigenvalue weighted by atomic mass is 9.67. The SMILES string of the molecule is CCC1(CNS(=O)(=O)c2cc(CN)sc2C)CCC1. The molecule has 0 spiro atoms. The largest absolute Gasteiger partial charge is 0.326 e. The zero-order valence-corrected chi connectivity index (χ0v) is 13.2. The first-order chi connectivity index (χ1) is 8.92. The van der Waals surface area contributed by atoms with Gasteiger partial charge in [-0.05, 0) is 37.7 Å². The summed E-state index contributed by atoms with van der Waals surface area (Å²) in [5.41, 5.74) is 5.75. The van der Waals surface area contributed by atoms with Crippen molar-refractivity contribution in [2.75, 3.05) is 6.54 Å². The molecule has 1 fully saturated rings. The van der Waals surface area contributed by atoms with Gasteiger partial charge in [-0.15, -0.1) is 11.3 Å². The first-order valence-electron chi connectivity index (χ1n) is 6.71. The Balaban J connectivity index is 2.11. The van der Waals surface area contributed by atoms with E-state index >= 15 is 0 Å². The summed E-state index contributed by atoms with van der Waals surface area (Å²) in [6.45, 7) is 4.91. The molecule has 19 heavy (non-hydrogen) atoms. The molecule has 0 aromatic carbocycles. The van der Waals surface area contributed by atoms with Gasteiger partial charge in [-0.1, -0.05) is 13.3 Å². The van der Waals surface area contributed by atoms with Gasteiger partial charge in [-0.2, -0.15) is 0 Å². The van der Waals surface area contributed by atoms with E-state index < -0.39 is 10.0 Å². The number of rotatable bonds is 6. The van der Waals surface area contributed by atoms with E-state index in [1.807, 2.05) is 6.92 Å².